The van der Waals surface area contributed by atoms with Gasteiger partial charge in [0.1, 0.15) is 5.01 Å². The van der Waals surface area contributed by atoms with Crippen LogP contribution in [0.1, 0.15) is 31.8 Å². The van der Waals surface area contributed by atoms with Crippen molar-refractivity contribution in [3.63, 3.8) is 0 Å². The van der Waals surface area contributed by atoms with E-state index in [0.717, 1.165) is 26.4 Å². The Morgan fingerprint density at radius 2 is 1.69 bits per heavy atom. The molecule has 0 saturated carbocycles. The second kappa shape index (κ2) is 7.97. The van der Waals surface area contributed by atoms with Crippen molar-refractivity contribution < 1.29 is 14.3 Å². The third-order valence-electron chi connectivity index (χ3n) is 4.70. The van der Waals surface area contributed by atoms with Gasteiger partial charge in [-0.25, -0.2) is 9.78 Å². The van der Waals surface area contributed by atoms with Gasteiger partial charge in [0.2, 0.25) is 5.78 Å². The summed E-state index contributed by atoms with van der Waals surface area (Å²) in [5.41, 5.74) is 4.44. The molecule has 4 rings (SSSR count). The largest absolute Gasteiger partial charge is 0.454 e. The maximum Gasteiger partial charge on any atom is 0.339 e. The van der Waals surface area contributed by atoms with E-state index >= 15 is 0 Å². The maximum absolute atomic E-state index is 12.7. The Bertz CT molecular complexity index is 1190. The molecule has 3 aromatic carbocycles. The van der Waals surface area contributed by atoms with Crippen LogP contribution in [0.4, 0.5) is 0 Å². The Balaban J connectivity index is 1.57. The van der Waals surface area contributed by atoms with Gasteiger partial charge in [0.05, 0.1) is 15.8 Å². The summed E-state index contributed by atoms with van der Waals surface area (Å²) < 4.78 is 6.42. The molecule has 0 N–H and O–H groups in total. The van der Waals surface area contributed by atoms with Crippen molar-refractivity contribution >= 4 is 33.3 Å². The van der Waals surface area contributed by atoms with E-state index in [9.17, 15) is 9.59 Å². The number of fused-ring (bicyclic) bond motifs is 1. The van der Waals surface area contributed by atoms with E-state index in [1.807, 2.05) is 68.4 Å². The Morgan fingerprint density at radius 1 is 0.931 bits per heavy atom. The molecule has 1 aromatic heterocycles. The minimum atomic E-state index is -0.529. The summed E-state index contributed by atoms with van der Waals surface area (Å²) in [5.74, 6) is -0.740. The fourth-order valence-electron chi connectivity index (χ4n) is 3.16. The van der Waals surface area contributed by atoms with Crippen molar-refractivity contribution in [1.29, 1.82) is 0 Å². The molecule has 144 valence electrons. The highest BCUT2D eigenvalue weighted by Crippen LogP contribution is 2.32. The zero-order chi connectivity index (χ0) is 20.4. The lowest BCUT2D eigenvalue weighted by molar-refractivity contribution is 0.0475. The predicted octanol–water partition coefficient (Wildman–Crippen LogP) is 5.62. The zero-order valence-corrected chi connectivity index (χ0v) is 17.0. The minimum absolute atomic E-state index is 0.211. The molecule has 4 nitrogen and oxygen atoms in total. The Kier molecular flexibility index (Phi) is 5.23. The smallest absolute Gasteiger partial charge is 0.339 e. The van der Waals surface area contributed by atoms with Crippen LogP contribution >= 0.6 is 11.3 Å². The highest BCUT2D eigenvalue weighted by Gasteiger charge is 2.19. The first-order valence-electron chi connectivity index (χ1n) is 9.25. The number of carbonyl (C=O) groups is 2. The molecular weight excluding hydrogens is 382 g/mol. The van der Waals surface area contributed by atoms with Crippen LogP contribution in [-0.2, 0) is 4.74 Å². The first-order chi connectivity index (χ1) is 14.0. The average Bonchev–Trinajstić information content (AvgIpc) is 3.17. The number of thiazole rings is 1. The number of hydrogen-bond donors (Lipinski definition) is 0. The quantitative estimate of drug-likeness (QED) is 0.322. The molecule has 4 aromatic rings. The molecule has 0 atom stereocenters. The third kappa shape index (κ3) is 3.96. The van der Waals surface area contributed by atoms with Crippen LogP contribution in [0.3, 0.4) is 0 Å². The molecule has 29 heavy (non-hydrogen) atoms. The maximum atomic E-state index is 12.7. The zero-order valence-electron chi connectivity index (χ0n) is 16.1. The summed E-state index contributed by atoms with van der Waals surface area (Å²) in [6.07, 6.45) is 0. The normalized spacial score (nSPS) is 10.8. The van der Waals surface area contributed by atoms with Crippen LogP contribution in [0, 0.1) is 13.8 Å². The summed E-state index contributed by atoms with van der Waals surface area (Å²) in [6, 6.07) is 20.7. The lowest BCUT2D eigenvalue weighted by Crippen LogP contribution is -2.16. The van der Waals surface area contributed by atoms with E-state index in [0.29, 0.717) is 16.7 Å². The number of nitrogens with zero attached hydrogens (tertiary/aromatic N) is 1. The van der Waals surface area contributed by atoms with Crippen molar-refractivity contribution in [3.05, 3.63) is 89.0 Å². The van der Waals surface area contributed by atoms with Gasteiger partial charge in [-0.2, -0.15) is 0 Å². The number of esters is 1. The van der Waals surface area contributed by atoms with Gasteiger partial charge in [-0.3, -0.25) is 4.79 Å². The first-order valence-corrected chi connectivity index (χ1v) is 10.1. The van der Waals surface area contributed by atoms with E-state index in [-0.39, 0.29) is 12.4 Å². The average molecular weight is 401 g/mol. The highest BCUT2D eigenvalue weighted by molar-refractivity contribution is 7.21. The number of para-hydroxylation sites is 1. The number of benzene rings is 3. The molecule has 0 aliphatic heterocycles. The van der Waals surface area contributed by atoms with E-state index in [2.05, 4.69) is 4.98 Å². The second-order valence-corrected chi connectivity index (χ2v) is 7.88. The summed E-state index contributed by atoms with van der Waals surface area (Å²) in [7, 11) is 0. The summed E-state index contributed by atoms with van der Waals surface area (Å²) in [6.45, 7) is 3.50. The molecule has 0 spiro atoms. The number of ketones is 1. The molecule has 0 aliphatic rings. The van der Waals surface area contributed by atoms with E-state index in [1.54, 1.807) is 12.1 Å². The second-order valence-electron chi connectivity index (χ2n) is 6.85. The van der Waals surface area contributed by atoms with Crippen molar-refractivity contribution in [2.24, 2.45) is 0 Å². The minimum Gasteiger partial charge on any atom is -0.454 e. The first kappa shape index (κ1) is 19.0. The Morgan fingerprint density at radius 3 is 2.52 bits per heavy atom. The van der Waals surface area contributed by atoms with Gasteiger partial charge in [0, 0.05) is 11.1 Å². The van der Waals surface area contributed by atoms with Crippen LogP contribution in [0.15, 0.2) is 66.7 Å². The lowest BCUT2D eigenvalue weighted by atomic mass is 10.0. The van der Waals surface area contributed by atoms with Gasteiger partial charge in [-0.15, -0.1) is 11.3 Å². The predicted molar refractivity (Wildman–Crippen MR) is 116 cm³/mol. The van der Waals surface area contributed by atoms with Crippen LogP contribution in [0.5, 0.6) is 0 Å². The van der Waals surface area contributed by atoms with Crippen LogP contribution in [-0.4, -0.2) is 23.3 Å². The molecule has 0 fully saturated rings. The molecule has 0 unspecified atom stereocenters. The number of rotatable bonds is 5. The Labute approximate surface area is 172 Å². The fourth-order valence-corrected chi connectivity index (χ4v) is 4.16. The molecule has 0 radical (unpaired) electrons. The molecule has 1 heterocycles. The SMILES string of the molecule is Cc1ccc(C)c(C(=O)COC(=O)c2ccccc2-c2nc3ccccc3s2)c1. The fraction of sp³-hybridized carbons (Fsp3) is 0.125. The molecule has 5 heteroatoms. The number of Topliss-reactive ketones (excluding diaryl/α,β-unsaturated/α-hetero) is 1. The van der Waals surface area contributed by atoms with Crippen LogP contribution in [0.25, 0.3) is 20.8 Å². The van der Waals surface area contributed by atoms with Gasteiger partial charge in [-0.05, 0) is 43.7 Å². The van der Waals surface area contributed by atoms with E-state index in [4.69, 9.17) is 4.74 Å². The topological polar surface area (TPSA) is 56.3 Å². The van der Waals surface area contributed by atoms with Crippen LogP contribution in [0.2, 0.25) is 0 Å². The number of carbonyl (C=O) groups excluding carboxylic acids is 2. The lowest BCUT2D eigenvalue weighted by Gasteiger charge is -2.09. The number of aromatic nitrogens is 1. The molecule has 0 bridgehead atoms. The molecule has 0 aliphatic carbocycles. The van der Waals surface area contributed by atoms with Gasteiger partial charge in [0.15, 0.2) is 6.61 Å². The van der Waals surface area contributed by atoms with Crippen molar-refractivity contribution in [3.8, 4) is 10.6 Å². The van der Waals surface area contributed by atoms with Gasteiger partial charge >= 0.3 is 5.97 Å². The summed E-state index contributed by atoms with van der Waals surface area (Å²) >= 11 is 1.52. The van der Waals surface area contributed by atoms with Crippen molar-refractivity contribution in [2.75, 3.05) is 6.61 Å². The monoisotopic (exact) mass is 401 g/mol. The van der Waals surface area contributed by atoms with Crippen LogP contribution < -0.4 is 0 Å². The standard InChI is InChI=1S/C24H19NO3S/c1-15-11-12-16(2)19(13-15)21(26)14-28-24(27)18-8-4-3-7-17(18)23-25-20-9-5-6-10-22(20)29-23/h3-13H,14H2,1-2H3. The molecule has 0 amide bonds. The van der Waals surface area contributed by atoms with Gasteiger partial charge < -0.3 is 4.74 Å². The Hall–Kier alpha value is -3.31. The highest BCUT2D eigenvalue weighted by atomic mass is 32.1. The number of hydrogen-bond acceptors (Lipinski definition) is 5. The van der Waals surface area contributed by atoms with Gasteiger partial charge in [0.25, 0.3) is 0 Å². The number of aryl methyl sites for hydroxylation is 2. The summed E-state index contributed by atoms with van der Waals surface area (Å²) in [5, 5.41) is 0.750. The molecule has 0 saturated heterocycles. The van der Waals surface area contributed by atoms with Crippen molar-refractivity contribution in [2.45, 2.75) is 13.8 Å². The van der Waals surface area contributed by atoms with Gasteiger partial charge in [-0.1, -0.05) is 48.0 Å². The number of ether oxygens (including phenoxy) is 1. The van der Waals surface area contributed by atoms with E-state index in [1.165, 1.54) is 11.3 Å². The summed E-state index contributed by atoms with van der Waals surface area (Å²) in [4.78, 5) is 29.9. The van der Waals surface area contributed by atoms with Crippen molar-refractivity contribution in [1.82, 2.24) is 4.98 Å². The van der Waals surface area contributed by atoms with E-state index < -0.39 is 5.97 Å². The molecular formula is C24H19NO3S. The third-order valence-corrected chi connectivity index (χ3v) is 5.77.